The van der Waals surface area contributed by atoms with Crippen LogP contribution in [0.1, 0.15) is 0 Å². The van der Waals surface area contributed by atoms with Crippen LogP contribution in [0.2, 0.25) is 0 Å². The van der Waals surface area contributed by atoms with E-state index in [0.717, 1.165) is 94.3 Å². The summed E-state index contributed by atoms with van der Waals surface area (Å²) < 4.78 is 16.1. The molecule has 0 aliphatic carbocycles. The molecule has 5 heteroatoms. The van der Waals surface area contributed by atoms with Gasteiger partial charge in [-0.15, -0.1) is 0 Å². The molecule has 0 saturated heterocycles. The minimum Gasteiger partial charge on any atom is -0.455 e. The predicted octanol–water partition coefficient (Wildman–Crippen LogP) is 15.7. The SMILES string of the molecule is c1ccc(-c2ccc3c(c2)c2cc(-c4cccc5c4oc4cc6c(cc45)oc4c(-c5cc(-c7ccccc7)nc(-c7ccccc7)n5)cccc46)ccc2n3-c2ccccc2)cc1. The second kappa shape index (κ2) is 14.0. The highest BCUT2D eigenvalue weighted by molar-refractivity contribution is 6.18. The first-order chi connectivity index (χ1) is 31.2. The molecule has 63 heavy (non-hydrogen) atoms. The monoisotopic (exact) mass is 805 g/mol. The number of furan rings is 2. The van der Waals surface area contributed by atoms with Crippen LogP contribution >= 0.6 is 0 Å². The highest BCUT2D eigenvalue weighted by atomic mass is 16.3. The highest BCUT2D eigenvalue weighted by Gasteiger charge is 2.21. The lowest BCUT2D eigenvalue weighted by Crippen LogP contribution is -1.96. The molecule has 13 aromatic rings. The fourth-order valence-electron chi connectivity index (χ4n) is 9.43. The van der Waals surface area contributed by atoms with Crippen molar-refractivity contribution in [1.29, 1.82) is 0 Å². The molecular weight excluding hydrogens is 771 g/mol. The zero-order valence-corrected chi connectivity index (χ0v) is 33.9. The third-order valence-corrected chi connectivity index (χ3v) is 12.4. The van der Waals surface area contributed by atoms with Crippen molar-refractivity contribution in [2.45, 2.75) is 0 Å². The van der Waals surface area contributed by atoms with Crippen molar-refractivity contribution in [2.24, 2.45) is 0 Å². The first-order valence-electron chi connectivity index (χ1n) is 21.2. The van der Waals surface area contributed by atoms with Crippen molar-refractivity contribution in [3.63, 3.8) is 0 Å². The number of hydrogen-bond donors (Lipinski definition) is 0. The van der Waals surface area contributed by atoms with Crippen molar-refractivity contribution < 1.29 is 8.83 Å². The Balaban J connectivity index is 0.962. The van der Waals surface area contributed by atoms with Gasteiger partial charge in [0.05, 0.1) is 22.4 Å². The van der Waals surface area contributed by atoms with Gasteiger partial charge in [0, 0.05) is 60.3 Å². The van der Waals surface area contributed by atoms with Crippen LogP contribution in [0, 0.1) is 0 Å². The summed E-state index contributed by atoms with van der Waals surface area (Å²) >= 11 is 0. The van der Waals surface area contributed by atoms with Gasteiger partial charge in [0.2, 0.25) is 0 Å². The Morgan fingerprint density at radius 1 is 0.317 bits per heavy atom. The fraction of sp³-hybridized carbons (Fsp3) is 0. The van der Waals surface area contributed by atoms with Crippen molar-refractivity contribution >= 4 is 65.7 Å². The Hall–Kier alpha value is -8.54. The van der Waals surface area contributed by atoms with E-state index < -0.39 is 0 Å². The lowest BCUT2D eigenvalue weighted by Gasteiger charge is -2.09. The van der Waals surface area contributed by atoms with Gasteiger partial charge in [-0.1, -0.05) is 152 Å². The molecule has 4 heterocycles. The molecule has 0 atom stereocenters. The van der Waals surface area contributed by atoms with Crippen LogP contribution in [0.3, 0.4) is 0 Å². The molecule has 0 saturated carbocycles. The molecule has 0 aliphatic heterocycles. The zero-order valence-electron chi connectivity index (χ0n) is 33.9. The first-order valence-corrected chi connectivity index (χ1v) is 21.2. The van der Waals surface area contributed by atoms with Crippen LogP contribution in [0.4, 0.5) is 0 Å². The molecule has 294 valence electrons. The van der Waals surface area contributed by atoms with Gasteiger partial charge in [0.1, 0.15) is 22.3 Å². The van der Waals surface area contributed by atoms with Gasteiger partial charge in [0.25, 0.3) is 0 Å². The summed E-state index contributed by atoms with van der Waals surface area (Å²) in [4.78, 5) is 10.1. The summed E-state index contributed by atoms with van der Waals surface area (Å²) in [6, 6.07) is 74.3. The van der Waals surface area contributed by atoms with Gasteiger partial charge in [-0.2, -0.15) is 0 Å². The smallest absolute Gasteiger partial charge is 0.160 e. The van der Waals surface area contributed by atoms with E-state index in [-0.39, 0.29) is 0 Å². The van der Waals surface area contributed by atoms with Crippen LogP contribution < -0.4 is 0 Å². The number of rotatable bonds is 6. The van der Waals surface area contributed by atoms with Crippen LogP contribution in [0.25, 0.3) is 128 Å². The van der Waals surface area contributed by atoms with Crippen molar-refractivity contribution in [3.05, 3.63) is 212 Å². The molecule has 0 radical (unpaired) electrons. The number of aromatic nitrogens is 3. The molecule has 0 spiro atoms. The first kappa shape index (κ1) is 35.2. The maximum absolute atomic E-state index is 6.89. The lowest BCUT2D eigenvalue weighted by molar-refractivity contribution is 0.665. The maximum Gasteiger partial charge on any atom is 0.160 e. The number of nitrogens with zero attached hydrogens (tertiary/aromatic N) is 3. The van der Waals surface area contributed by atoms with E-state index in [2.05, 4.69) is 168 Å². The van der Waals surface area contributed by atoms with Gasteiger partial charge in [-0.05, 0) is 77.4 Å². The van der Waals surface area contributed by atoms with E-state index in [9.17, 15) is 0 Å². The Bertz CT molecular complexity index is 3830. The number of para-hydroxylation sites is 3. The Kier molecular flexibility index (Phi) is 7.84. The molecule has 0 fully saturated rings. The van der Waals surface area contributed by atoms with Crippen LogP contribution in [0.15, 0.2) is 221 Å². The summed E-state index contributed by atoms with van der Waals surface area (Å²) in [6.07, 6.45) is 0. The maximum atomic E-state index is 6.89. The van der Waals surface area contributed by atoms with E-state index in [1.807, 2.05) is 48.5 Å². The molecule has 4 aromatic heterocycles. The molecule has 0 aliphatic rings. The quantitative estimate of drug-likeness (QED) is 0.168. The van der Waals surface area contributed by atoms with Crippen molar-refractivity contribution in [2.75, 3.05) is 0 Å². The van der Waals surface area contributed by atoms with Crippen LogP contribution in [-0.4, -0.2) is 14.5 Å². The number of benzene rings is 9. The largest absolute Gasteiger partial charge is 0.455 e. The minimum absolute atomic E-state index is 0.665. The van der Waals surface area contributed by atoms with Gasteiger partial charge in [0.15, 0.2) is 5.82 Å². The Morgan fingerprint density at radius 2 is 0.825 bits per heavy atom. The molecule has 13 rings (SSSR count). The van der Waals surface area contributed by atoms with E-state index >= 15 is 0 Å². The summed E-state index contributed by atoms with van der Waals surface area (Å²) in [5.74, 6) is 0.665. The number of hydrogen-bond acceptors (Lipinski definition) is 4. The minimum atomic E-state index is 0.665. The number of fused-ring (bicyclic) bond motifs is 9. The average Bonchev–Trinajstić information content (AvgIpc) is 4.02. The highest BCUT2D eigenvalue weighted by Crippen LogP contribution is 2.44. The molecule has 0 unspecified atom stereocenters. The van der Waals surface area contributed by atoms with E-state index in [0.29, 0.717) is 5.82 Å². The predicted molar refractivity (Wildman–Crippen MR) is 258 cm³/mol. The van der Waals surface area contributed by atoms with Crippen LogP contribution in [0.5, 0.6) is 0 Å². The van der Waals surface area contributed by atoms with E-state index in [1.165, 1.54) is 27.4 Å². The average molecular weight is 806 g/mol. The van der Waals surface area contributed by atoms with Gasteiger partial charge in [-0.25, -0.2) is 9.97 Å². The standard InChI is InChI=1S/C58H35N3O2/c1-5-15-36(16-6-1)39-27-29-52-46(31-39)47-32-40(28-30-53(47)61(52)41-21-11-4-12-22-41)42-23-13-24-43-48-33-55-49(34-54(48)62-56(42)43)44-25-14-26-45(57(44)63-55)51-35-50(37-17-7-2-8-18-37)59-58(60-51)38-19-9-3-10-20-38/h1-35H. The summed E-state index contributed by atoms with van der Waals surface area (Å²) in [7, 11) is 0. The van der Waals surface area contributed by atoms with Crippen molar-refractivity contribution in [1.82, 2.24) is 14.5 Å². The molecule has 0 bridgehead atoms. The van der Waals surface area contributed by atoms with E-state index in [1.54, 1.807) is 0 Å². The van der Waals surface area contributed by atoms with Gasteiger partial charge in [-0.3, -0.25) is 0 Å². The van der Waals surface area contributed by atoms with Crippen molar-refractivity contribution in [3.8, 4) is 61.8 Å². The molecule has 9 aromatic carbocycles. The van der Waals surface area contributed by atoms with Gasteiger partial charge < -0.3 is 13.4 Å². The summed E-state index contributed by atoms with van der Waals surface area (Å²) in [5, 5.41) is 6.43. The fourth-order valence-corrected chi connectivity index (χ4v) is 9.43. The molecule has 5 nitrogen and oxygen atoms in total. The third kappa shape index (κ3) is 5.71. The Labute approximate surface area is 361 Å². The van der Waals surface area contributed by atoms with Gasteiger partial charge >= 0.3 is 0 Å². The van der Waals surface area contributed by atoms with E-state index in [4.69, 9.17) is 18.8 Å². The third-order valence-electron chi connectivity index (χ3n) is 12.4. The molecule has 0 amide bonds. The molecular formula is C58H35N3O2. The summed E-state index contributed by atoms with van der Waals surface area (Å²) in [5.41, 5.74) is 15.8. The summed E-state index contributed by atoms with van der Waals surface area (Å²) in [6.45, 7) is 0. The molecule has 0 N–H and O–H groups in total. The topological polar surface area (TPSA) is 57.0 Å². The lowest BCUT2D eigenvalue weighted by atomic mass is 9.99. The second-order valence-electron chi connectivity index (χ2n) is 16.1. The second-order valence-corrected chi connectivity index (χ2v) is 16.1. The van der Waals surface area contributed by atoms with Crippen LogP contribution in [-0.2, 0) is 0 Å². The normalized spacial score (nSPS) is 11.8. The zero-order chi connectivity index (χ0) is 41.4. The Morgan fingerprint density at radius 3 is 1.46 bits per heavy atom.